The SMILES string of the molecule is Fc1ccc2c(c1)CC(COc1cccnc1Cl)O2. The third-order valence-electron chi connectivity index (χ3n) is 2.91. The minimum atomic E-state index is -0.251. The predicted molar refractivity (Wildman–Crippen MR) is 69.3 cm³/mol. The smallest absolute Gasteiger partial charge is 0.171 e. The van der Waals surface area contributed by atoms with E-state index in [-0.39, 0.29) is 11.9 Å². The number of hydrogen-bond acceptors (Lipinski definition) is 3. The monoisotopic (exact) mass is 279 g/mol. The predicted octanol–water partition coefficient (Wildman–Crippen LogP) is 3.26. The average molecular weight is 280 g/mol. The first-order valence-corrected chi connectivity index (χ1v) is 6.28. The Hall–Kier alpha value is -1.81. The second kappa shape index (κ2) is 5.05. The van der Waals surface area contributed by atoms with Crippen molar-refractivity contribution in [3.8, 4) is 11.5 Å². The molecule has 0 spiro atoms. The molecule has 0 fully saturated rings. The molecule has 1 aromatic carbocycles. The van der Waals surface area contributed by atoms with Gasteiger partial charge in [0.05, 0.1) is 0 Å². The number of halogens is 2. The molecular formula is C14H11ClFNO2. The van der Waals surface area contributed by atoms with Crippen LogP contribution >= 0.6 is 11.6 Å². The van der Waals surface area contributed by atoms with E-state index in [9.17, 15) is 4.39 Å². The minimum absolute atomic E-state index is 0.131. The molecule has 2 aromatic rings. The van der Waals surface area contributed by atoms with E-state index in [0.29, 0.717) is 29.7 Å². The quantitative estimate of drug-likeness (QED) is 0.808. The second-order valence-corrected chi connectivity index (χ2v) is 4.66. The molecule has 1 aliphatic heterocycles. The Kier molecular flexibility index (Phi) is 3.25. The van der Waals surface area contributed by atoms with Crippen molar-refractivity contribution in [3.63, 3.8) is 0 Å². The van der Waals surface area contributed by atoms with Gasteiger partial charge in [0.15, 0.2) is 10.9 Å². The van der Waals surface area contributed by atoms with Gasteiger partial charge in [-0.15, -0.1) is 0 Å². The molecule has 0 bridgehead atoms. The lowest BCUT2D eigenvalue weighted by Gasteiger charge is -2.12. The van der Waals surface area contributed by atoms with Gasteiger partial charge in [-0.05, 0) is 30.3 Å². The molecule has 0 N–H and O–H groups in total. The zero-order valence-corrected chi connectivity index (χ0v) is 10.7. The van der Waals surface area contributed by atoms with E-state index in [0.717, 1.165) is 5.56 Å². The Bertz CT molecular complexity index is 606. The normalized spacial score (nSPS) is 16.8. The summed E-state index contributed by atoms with van der Waals surface area (Å²) in [7, 11) is 0. The van der Waals surface area contributed by atoms with Crippen molar-refractivity contribution < 1.29 is 13.9 Å². The summed E-state index contributed by atoms with van der Waals surface area (Å²) in [5.41, 5.74) is 0.867. The Labute approximate surface area is 114 Å². The Morgan fingerprint density at radius 2 is 2.32 bits per heavy atom. The highest BCUT2D eigenvalue weighted by molar-refractivity contribution is 6.30. The van der Waals surface area contributed by atoms with E-state index in [1.54, 1.807) is 24.4 Å². The molecule has 2 heterocycles. The summed E-state index contributed by atoms with van der Waals surface area (Å²) in [6, 6.07) is 8.02. The first-order chi connectivity index (χ1) is 9.22. The lowest BCUT2D eigenvalue weighted by molar-refractivity contribution is 0.148. The van der Waals surface area contributed by atoms with E-state index < -0.39 is 0 Å². The van der Waals surface area contributed by atoms with E-state index in [1.165, 1.54) is 12.1 Å². The zero-order valence-electron chi connectivity index (χ0n) is 9.98. The second-order valence-electron chi connectivity index (χ2n) is 4.30. The van der Waals surface area contributed by atoms with Gasteiger partial charge in [-0.25, -0.2) is 9.37 Å². The maximum atomic E-state index is 13.1. The Balaban J connectivity index is 1.63. The first-order valence-electron chi connectivity index (χ1n) is 5.91. The lowest BCUT2D eigenvalue weighted by Crippen LogP contribution is -2.22. The van der Waals surface area contributed by atoms with Crippen molar-refractivity contribution >= 4 is 11.6 Å². The maximum absolute atomic E-state index is 13.1. The maximum Gasteiger partial charge on any atom is 0.171 e. The van der Waals surface area contributed by atoms with Crippen molar-refractivity contribution in [2.24, 2.45) is 0 Å². The van der Waals surface area contributed by atoms with Crippen LogP contribution in [0.2, 0.25) is 5.15 Å². The summed E-state index contributed by atoms with van der Waals surface area (Å²) in [4.78, 5) is 3.93. The minimum Gasteiger partial charge on any atom is -0.486 e. The van der Waals surface area contributed by atoms with Crippen molar-refractivity contribution in [1.29, 1.82) is 0 Å². The van der Waals surface area contributed by atoms with Crippen LogP contribution in [0.5, 0.6) is 11.5 Å². The first kappa shape index (κ1) is 12.2. The number of rotatable bonds is 3. The van der Waals surface area contributed by atoms with Crippen LogP contribution < -0.4 is 9.47 Å². The summed E-state index contributed by atoms with van der Waals surface area (Å²) in [6.45, 7) is 0.349. The molecule has 0 radical (unpaired) electrons. The number of pyridine rings is 1. The molecule has 1 unspecified atom stereocenters. The fourth-order valence-corrected chi connectivity index (χ4v) is 2.22. The van der Waals surface area contributed by atoms with Gasteiger partial charge in [-0.1, -0.05) is 11.6 Å². The van der Waals surface area contributed by atoms with Crippen molar-refractivity contribution in [3.05, 3.63) is 53.1 Å². The molecule has 3 rings (SSSR count). The highest BCUT2D eigenvalue weighted by Crippen LogP contribution is 2.30. The molecule has 0 saturated carbocycles. The summed E-state index contributed by atoms with van der Waals surface area (Å²) in [5.74, 6) is 0.987. The van der Waals surface area contributed by atoms with E-state index >= 15 is 0 Å². The highest BCUT2D eigenvalue weighted by Gasteiger charge is 2.24. The van der Waals surface area contributed by atoms with Crippen LogP contribution in [0.25, 0.3) is 0 Å². The molecule has 1 aromatic heterocycles. The third-order valence-corrected chi connectivity index (χ3v) is 3.20. The summed E-state index contributed by atoms with van der Waals surface area (Å²) in [6.07, 6.45) is 2.10. The van der Waals surface area contributed by atoms with Crippen molar-refractivity contribution in [2.45, 2.75) is 12.5 Å². The third kappa shape index (κ3) is 2.63. The fraction of sp³-hybridized carbons (Fsp3) is 0.214. The van der Waals surface area contributed by atoms with E-state index in [4.69, 9.17) is 21.1 Å². The van der Waals surface area contributed by atoms with Gasteiger partial charge >= 0.3 is 0 Å². The van der Waals surface area contributed by atoms with Gasteiger partial charge < -0.3 is 9.47 Å². The largest absolute Gasteiger partial charge is 0.486 e. The Morgan fingerprint density at radius 3 is 3.16 bits per heavy atom. The summed E-state index contributed by atoms with van der Waals surface area (Å²) < 4.78 is 24.3. The molecule has 0 amide bonds. The number of hydrogen-bond donors (Lipinski definition) is 0. The number of nitrogens with zero attached hydrogens (tertiary/aromatic N) is 1. The van der Waals surface area contributed by atoms with Crippen LogP contribution in [0.15, 0.2) is 36.5 Å². The molecule has 0 aliphatic carbocycles. The molecule has 19 heavy (non-hydrogen) atoms. The Morgan fingerprint density at radius 1 is 1.42 bits per heavy atom. The molecule has 98 valence electrons. The molecule has 1 aliphatic rings. The standard InChI is InChI=1S/C14H11ClFNO2/c15-14-13(2-1-5-17-14)18-8-11-7-9-6-10(16)3-4-12(9)19-11/h1-6,11H,7-8H2. The van der Waals surface area contributed by atoms with Crippen LogP contribution in [-0.2, 0) is 6.42 Å². The number of aromatic nitrogens is 1. The van der Waals surface area contributed by atoms with Gasteiger partial charge in [0.1, 0.15) is 24.3 Å². The fourth-order valence-electron chi connectivity index (χ4n) is 2.04. The van der Waals surface area contributed by atoms with Crippen LogP contribution in [0.3, 0.4) is 0 Å². The van der Waals surface area contributed by atoms with Crippen LogP contribution in [0.4, 0.5) is 4.39 Å². The van der Waals surface area contributed by atoms with Gasteiger partial charge in [0, 0.05) is 18.2 Å². The highest BCUT2D eigenvalue weighted by atomic mass is 35.5. The lowest BCUT2D eigenvalue weighted by atomic mass is 10.1. The van der Waals surface area contributed by atoms with Crippen LogP contribution in [0.1, 0.15) is 5.56 Å². The van der Waals surface area contributed by atoms with Gasteiger partial charge in [-0.2, -0.15) is 0 Å². The van der Waals surface area contributed by atoms with Crippen molar-refractivity contribution in [2.75, 3.05) is 6.61 Å². The molecule has 3 nitrogen and oxygen atoms in total. The molecule has 0 saturated heterocycles. The summed E-state index contributed by atoms with van der Waals surface area (Å²) in [5, 5.41) is 0.323. The van der Waals surface area contributed by atoms with Gasteiger partial charge in [0.25, 0.3) is 0 Å². The average Bonchev–Trinajstić information content (AvgIpc) is 2.79. The van der Waals surface area contributed by atoms with Gasteiger partial charge in [0.2, 0.25) is 0 Å². The number of ether oxygens (including phenoxy) is 2. The number of benzene rings is 1. The van der Waals surface area contributed by atoms with Gasteiger partial charge in [-0.3, -0.25) is 0 Å². The molecule has 5 heteroatoms. The van der Waals surface area contributed by atoms with Crippen molar-refractivity contribution in [1.82, 2.24) is 4.98 Å². The summed E-state index contributed by atoms with van der Waals surface area (Å²) >= 11 is 5.89. The molecule has 1 atom stereocenters. The zero-order chi connectivity index (χ0) is 13.2. The van der Waals surface area contributed by atoms with Crippen LogP contribution in [0, 0.1) is 5.82 Å². The topological polar surface area (TPSA) is 31.4 Å². The van der Waals surface area contributed by atoms with E-state index in [2.05, 4.69) is 4.98 Å². The molecular weight excluding hydrogens is 269 g/mol. The van der Waals surface area contributed by atoms with E-state index in [1.807, 2.05) is 0 Å². The number of fused-ring (bicyclic) bond motifs is 1. The van der Waals surface area contributed by atoms with Crippen LogP contribution in [-0.4, -0.2) is 17.7 Å².